The standard InChI is InChI=1S/C10H20O3/c1-2-3-5-8-13-9-6-4-7-10(11)12/h2-9H2,1H3,(H,11,12). The molecular formula is C10H20O3. The van der Waals surface area contributed by atoms with Crippen molar-refractivity contribution in [3.05, 3.63) is 0 Å². The van der Waals surface area contributed by atoms with E-state index >= 15 is 0 Å². The molecule has 0 aromatic carbocycles. The van der Waals surface area contributed by atoms with Crippen molar-refractivity contribution in [1.29, 1.82) is 0 Å². The van der Waals surface area contributed by atoms with Gasteiger partial charge in [0.1, 0.15) is 0 Å². The van der Waals surface area contributed by atoms with Crippen molar-refractivity contribution in [2.45, 2.75) is 45.4 Å². The average Bonchev–Trinajstić information content (AvgIpc) is 2.09. The van der Waals surface area contributed by atoms with Crippen LogP contribution in [0.5, 0.6) is 0 Å². The molecule has 0 heterocycles. The van der Waals surface area contributed by atoms with Crippen molar-refractivity contribution in [1.82, 2.24) is 0 Å². The molecule has 0 atom stereocenters. The number of hydrogen-bond donors (Lipinski definition) is 1. The Morgan fingerprint density at radius 2 is 1.77 bits per heavy atom. The Morgan fingerprint density at radius 1 is 1.15 bits per heavy atom. The number of rotatable bonds is 9. The van der Waals surface area contributed by atoms with Gasteiger partial charge in [-0.1, -0.05) is 19.8 Å². The Bertz CT molecular complexity index is 123. The lowest BCUT2D eigenvalue weighted by Gasteiger charge is -2.02. The number of carboxylic acids is 1. The van der Waals surface area contributed by atoms with E-state index < -0.39 is 5.97 Å². The minimum Gasteiger partial charge on any atom is -0.481 e. The molecule has 3 heteroatoms. The number of aliphatic carboxylic acids is 1. The minimum absolute atomic E-state index is 0.262. The van der Waals surface area contributed by atoms with Crippen LogP contribution in [0.2, 0.25) is 0 Å². The third-order valence-electron chi connectivity index (χ3n) is 1.82. The maximum absolute atomic E-state index is 10.1. The monoisotopic (exact) mass is 188 g/mol. The smallest absolute Gasteiger partial charge is 0.303 e. The molecule has 3 nitrogen and oxygen atoms in total. The van der Waals surface area contributed by atoms with Gasteiger partial charge in [-0.3, -0.25) is 4.79 Å². The lowest BCUT2D eigenvalue weighted by Crippen LogP contribution is -1.99. The Labute approximate surface area is 80.1 Å². The maximum atomic E-state index is 10.1. The van der Waals surface area contributed by atoms with Gasteiger partial charge < -0.3 is 9.84 Å². The summed E-state index contributed by atoms with van der Waals surface area (Å²) >= 11 is 0. The van der Waals surface area contributed by atoms with Crippen LogP contribution in [0, 0.1) is 0 Å². The quantitative estimate of drug-likeness (QED) is 0.565. The fourth-order valence-electron chi connectivity index (χ4n) is 1.04. The van der Waals surface area contributed by atoms with Crippen molar-refractivity contribution >= 4 is 5.97 Å². The van der Waals surface area contributed by atoms with Crippen molar-refractivity contribution in [3.63, 3.8) is 0 Å². The Balaban J connectivity index is 2.87. The third kappa shape index (κ3) is 11.4. The summed E-state index contributed by atoms with van der Waals surface area (Å²) in [5.74, 6) is -0.717. The predicted octanol–water partition coefficient (Wildman–Crippen LogP) is 2.45. The van der Waals surface area contributed by atoms with E-state index in [1.165, 1.54) is 12.8 Å². The number of carbonyl (C=O) groups is 1. The zero-order valence-electron chi connectivity index (χ0n) is 8.42. The lowest BCUT2D eigenvalue weighted by atomic mass is 10.2. The molecule has 0 amide bonds. The van der Waals surface area contributed by atoms with Gasteiger partial charge in [0, 0.05) is 19.6 Å². The first-order valence-corrected chi connectivity index (χ1v) is 5.07. The van der Waals surface area contributed by atoms with Crippen LogP contribution in [0.25, 0.3) is 0 Å². The summed E-state index contributed by atoms with van der Waals surface area (Å²) in [6.45, 7) is 3.69. The predicted molar refractivity (Wildman–Crippen MR) is 51.8 cm³/mol. The topological polar surface area (TPSA) is 46.5 Å². The van der Waals surface area contributed by atoms with E-state index in [0.29, 0.717) is 6.61 Å². The number of hydrogen-bond acceptors (Lipinski definition) is 2. The van der Waals surface area contributed by atoms with Crippen molar-refractivity contribution in [2.24, 2.45) is 0 Å². The van der Waals surface area contributed by atoms with Gasteiger partial charge in [-0.2, -0.15) is 0 Å². The highest BCUT2D eigenvalue weighted by Gasteiger charge is 1.95. The van der Waals surface area contributed by atoms with Gasteiger partial charge in [0.25, 0.3) is 0 Å². The second-order valence-corrected chi connectivity index (χ2v) is 3.17. The van der Waals surface area contributed by atoms with Crippen molar-refractivity contribution < 1.29 is 14.6 Å². The molecule has 0 radical (unpaired) electrons. The van der Waals surface area contributed by atoms with Crippen molar-refractivity contribution in [3.8, 4) is 0 Å². The van der Waals surface area contributed by atoms with E-state index in [2.05, 4.69) is 6.92 Å². The van der Waals surface area contributed by atoms with E-state index in [-0.39, 0.29) is 6.42 Å². The molecule has 1 N–H and O–H groups in total. The molecule has 0 spiro atoms. The van der Waals surface area contributed by atoms with Crippen LogP contribution in [-0.4, -0.2) is 24.3 Å². The Morgan fingerprint density at radius 3 is 2.31 bits per heavy atom. The van der Waals surface area contributed by atoms with Gasteiger partial charge >= 0.3 is 5.97 Å². The highest BCUT2D eigenvalue weighted by molar-refractivity contribution is 5.66. The normalized spacial score (nSPS) is 10.2. The fourth-order valence-corrected chi connectivity index (χ4v) is 1.04. The summed E-state index contributed by atoms with van der Waals surface area (Å²) in [6.07, 6.45) is 5.40. The fraction of sp³-hybridized carbons (Fsp3) is 0.900. The molecule has 0 aliphatic carbocycles. The molecule has 0 fully saturated rings. The summed E-state index contributed by atoms with van der Waals surface area (Å²) in [5, 5.41) is 8.35. The molecule has 0 rings (SSSR count). The summed E-state index contributed by atoms with van der Waals surface area (Å²) in [7, 11) is 0. The summed E-state index contributed by atoms with van der Waals surface area (Å²) in [6, 6.07) is 0. The van der Waals surface area contributed by atoms with Crippen LogP contribution in [0.15, 0.2) is 0 Å². The molecule has 0 aromatic heterocycles. The second kappa shape index (κ2) is 9.52. The van der Waals surface area contributed by atoms with Gasteiger partial charge in [-0.05, 0) is 19.3 Å². The van der Waals surface area contributed by atoms with Gasteiger partial charge in [0.15, 0.2) is 0 Å². The first-order valence-electron chi connectivity index (χ1n) is 5.07. The molecule has 0 bridgehead atoms. The molecule has 13 heavy (non-hydrogen) atoms. The molecule has 78 valence electrons. The first-order chi connectivity index (χ1) is 6.27. The zero-order valence-corrected chi connectivity index (χ0v) is 8.42. The molecule has 0 unspecified atom stereocenters. The first kappa shape index (κ1) is 12.4. The van der Waals surface area contributed by atoms with Crippen LogP contribution in [0.3, 0.4) is 0 Å². The summed E-state index contributed by atoms with van der Waals surface area (Å²) < 4.78 is 5.32. The van der Waals surface area contributed by atoms with Gasteiger partial charge in [-0.15, -0.1) is 0 Å². The minimum atomic E-state index is -0.717. The van der Waals surface area contributed by atoms with Crippen molar-refractivity contribution in [2.75, 3.05) is 13.2 Å². The zero-order chi connectivity index (χ0) is 9.94. The van der Waals surface area contributed by atoms with E-state index in [1.807, 2.05) is 0 Å². The molecule has 0 saturated carbocycles. The molecule has 0 aliphatic heterocycles. The Hall–Kier alpha value is -0.570. The van der Waals surface area contributed by atoms with Crippen LogP contribution in [0.1, 0.15) is 45.4 Å². The largest absolute Gasteiger partial charge is 0.481 e. The van der Waals surface area contributed by atoms with Crippen LogP contribution < -0.4 is 0 Å². The number of carboxylic acid groups (broad SMARTS) is 1. The number of ether oxygens (including phenoxy) is 1. The van der Waals surface area contributed by atoms with Crippen LogP contribution in [-0.2, 0) is 9.53 Å². The average molecular weight is 188 g/mol. The summed E-state index contributed by atoms with van der Waals surface area (Å²) in [5.41, 5.74) is 0. The molecule has 0 aliphatic rings. The van der Waals surface area contributed by atoms with Gasteiger partial charge in [-0.25, -0.2) is 0 Å². The van der Waals surface area contributed by atoms with E-state index in [9.17, 15) is 4.79 Å². The summed E-state index contributed by atoms with van der Waals surface area (Å²) in [4.78, 5) is 10.1. The highest BCUT2D eigenvalue weighted by atomic mass is 16.5. The second-order valence-electron chi connectivity index (χ2n) is 3.17. The SMILES string of the molecule is CCCCCOCCCCC(=O)O. The van der Waals surface area contributed by atoms with E-state index in [1.54, 1.807) is 0 Å². The van der Waals surface area contributed by atoms with Gasteiger partial charge in [0.2, 0.25) is 0 Å². The molecule has 0 saturated heterocycles. The van der Waals surface area contributed by atoms with E-state index in [4.69, 9.17) is 9.84 Å². The number of unbranched alkanes of at least 4 members (excludes halogenated alkanes) is 3. The third-order valence-corrected chi connectivity index (χ3v) is 1.82. The van der Waals surface area contributed by atoms with E-state index in [0.717, 1.165) is 25.9 Å². The Kier molecular flexibility index (Phi) is 9.10. The maximum Gasteiger partial charge on any atom is 0.303 e. The lowest BCUT2D eigenvalue weighted by molar-refractivity contribution is -0.137. The van der Waals surface area contributed by atoms with Gasteiger partial charge in [0.05, 0.1) is 0 Å². The highest BCUT2D eigenvalue weighted by Crippen LogP contribution is 1.98. The molecular weight excluding hydrogens is 168 g/mol. The van der Waals surface area contributed by atoms with Crippen LogP contribution in [0.4, 0.5) is 0 Å². The molecule has 0 aromatic rings. The van der Waals surface area contributed by atoms with Crippen LogP contribution >= 0.6 is 0 Å².